The van der Waals surface area contributed by atoms with E-state index in [1.54, 1.807) is 18.2 Å². The van der Waals surface area contributed by atoms with Crippen LogP contribution >= 0.6 is 35.4 Å². The molecule has 110 valence electrons. The van der Waals surface area contributed by atoms with E-state index in [9.17, 15) is 0 Å². The normalized spacial score (nSPS) is 10.3. The molecule has 0 bridgehead atoms. The molecule has 2 rings (SSSR count). The van der Waals surface area contributed by atoms with E-state index in [0.29, 0.717) is 20.8 Å². The van der Waals surface area contributed by atoms with Crippen LogP contribution in [0.15, 0.2) is 30.3 Å². The predicted octanol–water partition coefficient (Wildman–Crippen LogP) is 5.73. The molecule has 5 heteroatoms. The first-order valence-corrected chi connectivity index (χ1v) is 7.64. The van der Waals surface area contributed by atoms with Gasteiger partial charge < -0.3 is 10.6 Å². The summed E-state index contributed by atoms with van der Waals surface area (Å²) in [5.74, 6) is 0. The van der Waals surface area contributed by atoms with E-state index in [1.165, 1.54) is 5.56 Å². The van der Waals surface area contributed by atoms with E-state index < -0.39 is 0 Å². The standard InChI is InChI=1S/C16H16Cl2N2S/c1-9-6-10(2)15(11(3)7-9)20-16(21)19-14-8-12(17)4-5-13(14)18/h4-8H,1-3H3,(H2,19,20,21). The van der Waals surface area contributed by atoms with Crippen LogP contribution < -0.4 is 10.6 Å². The van der Waals surface area contributed by atoms with Crippen LogP contribution in [0.4, 0.5) is 11.4 Å². The molecule has 21 heavy (non-hydrogen) atoms. The van der Waals surface area contributed by atoms with Gasteiger partial charge in [0.15, 0.2) is 5.11 Å². The minimum Gasteiger partial charge on any atom is -0.332 e. The zero-order valence-electron chi connectivity index (χ0n) is 12.1. The lowest BCUT2D eigenvalue weighted by molar-refractivity contribution is 1.32. The molecule has 2 nitrogen and oxygen atoms in total. The highest BCUT2D eigenvalue weighted by Gasteiger charge is 2.08. The number of benzene rings is 2. The van der Waals surface area contributed by atoms with Crippen molar-refractivity contribution in [3.63, 3.8) is 0 Å². The fourth-order valence-corrected chi connectivity index (χ4v) is 2.79. The van der Waals surface area contributed by atoms with Crippen LogP contribution in [0.25, 0.3) is 0 Å². The summed E-state index contributed by atoms with van der Waals surface area (Å²) in [6.07, 6.45) is 0. The van der Waals surface area contributed by atoms with E-state index in [2.05, 4.69) is 43.5 Å². The molecule has 0 aliphatic heterocycles. The predicted molar refractivity (Wildman–Crippen MR) is 97.0 cm³/mol. The Morgan fingerprint density at radius 1 is 0.952 bits per heavy atom. The average molecular weight is 339 g/mol. The fourth-order valence-electron chi connectivity index (χ4n) is 2.24. The Balaban J connectivity index is 2.17. The van der Waals surface area contributed by atoms with Crippen molar-refractivity contribution in [2.75, 3.05) is 10.6 Å². The summed E-state index contributed by atoms with van der Waals surface area (Å²) in [5, 5.41) is 7.95. The zero-order valence-corrected chi connectivity index (χ0v) is 14.4. The largest absolute Gasteiger partial charge is 0.332 e. The van der Waals surface area contributed by atoms with Crippen molar-refractivity contribution in [1.29, 1.82) is 0 Å². The van der Waals surface area contributed by atoms with Gasteiger partial charge in [-0.15, -0.1) is 0 Å². The molecule has 0 atom stereocenters. The van der Waals surface area contributed by atoms with Gasteiger partial charge in [-0.3, -0.25) is 0 Å². The second kappa shape index (κ2) is 6.65. The zero-order chi connectivity index (χ0) is 15.6. The van der Waals surface area contributed by atoms with E-state index in [1.807, 2.05) is 0 Å². The van der Waals surface area contributed by atoms with Gasteiger partial charge in [-0.1, -0.05) is 40.9 Å². The SMILES string of the molecule is Cc1cc(C)c(NC(=S)Nc2cc(Cl)ccc2Cl)c(C)c1. The van der Waals surface area contributed by atoms with Crippen LogP contribution in [0.5, 0.6) is 0 Å². The first-order chi connectivity index (χ1) is 9.86. The molecular weight excluding hydrogens is 323 g/mol. The van der Waals surface area contributed by atoms with Crippen LogP contribution in [-0.2, 0) is 0 Å². The Bertz CT molecular complexity index is 676. The molecule has 0 heterocycles. The average Bonchev–Trinajstić information content (AvgIpc) is 2.38. The van der Waals surface area contributed by atoms with Gasteiger partial charge >= 0.3 is 0 Å². The molecule has 0 fully saturated rings. The van der Waals surface area contributed by atoms with E-state index in [0.717, 1.165) is 16.8 Å². The summed E-state index contributed by atoms with van der Waals surface area (Å²) in [7, 11) is 0. The Morgan fingerprint density at radius 3 is 2.19 bits per heavy atom. The third kappa shape index (κ3) is 4.10. The van der Waals surface area contributed by atoms with Gasteiger partial charge in [0.25, 0.3) is 0 Å². The van der Waals surface area contributed by atoms with Crippen LogP contribution in [0.2, 0.25) is 10.0 Å². The van der Waals surface area contributed by atoms with Gasteiger partial charge in [0.2, 0.25) is 0 Å². The van der Waals surface area contributed by atoms with Gasteiger partial charge in [0, 0.05) is 10.7 Å². The van der Waals surface area contributed by atoms with Crippen molar-refractivity contribution in [3.05, 3.63) is 57.1 Å². The molecule has 0 aliphatic rings. The van der Waals surface area contributed by atoms with Gasteiger partial charge in [0.05, 0.1) is 10.7 Å². The molecule has 0 amide bonds. The van der Waals surface area contributed by atoms with E-state index in [4.69, 9.17) is 35.4 Å². The van der Waals surface area contributed by atoms with Gasteiger partial charge in [-0.2, -0.15) is 0 Å². The summed E-state index contributed by atoms with van der Waals surface area (Å²) >= 11 is 17.4. The lowest BCUT2D eigenvalue weighted by Gasteiger charge is -2.16. The van der Waals surface area contributed by atoms with Crippen molar-refractivity contribution >= 4 is 51.9 Å². The number of halogens is 2. The van der Waals surface area contributed by atoms with Crippen molar-refractivity contribution in [3.8, 4) is 0 Å². The van der Waals surface area contributed by atoms with Gasteiger partial charge in [0.1, 0.15) is 0 Å². The number of thiocarbonyl (C=S) groups is 1. The molecule has 2 aromatic rings. The first kappa shape index (κ1) is 16.1. The topological polar surface area (TPSA) is 24.1 Å². The van der Waals surface area contributed by atoms with Gasteiger partial charge in [-0.25, -0.2) is 0 Å². The maximum atomic E-state index is 6.12. The summed E-state index contributed by atoms with van der Waals surface area (Å²) < 4.78 is 0. The van der Waals surface area contributed by atoms with Crippen molar-refractivity contribution < 1.29 is 0 Å². The molecule has 2 N–H and O–H groups in total. The minimum atomic E-state index is 0.481. The van der Waals surface area contributed by atoms with Crippen molar-refractivity contribution in [1.82, 2.24) is 0 Å². The molecule has 0 aliphatic carbocycles. The Hall–Kier alpha value is -1.29. The third-order valence-corrected chi connectivity index (χ3v) is 3.86. The lowest BCUT2D eigenvalue weighted by atomic mass is 10.1. The Labute approximate surface area is 140 Å². The summed E-state index contributed by atoms with van der Waals surface area (Å²) in [6, 6.07) is 9.44. The maximum Gasteiger partial charge on any atom is 0.175 e. The number of anilines is 2. The molecule has 0 aromatic heterocycles. The quantitative estimate of drug-likeness (QED) is 0.684. The Kier molecular flexibility index (Phi) is 5.09. The highest BCUT2D eigenvalue weighted by molar-refractivity contribution is 7.80. The van der Waals surface area contributed by atoms with Crippen LogP contribution in [0.3, 0.4) is 0 Å². The highest BCUT2D eigenvalue weighted by Crippen LogP contribution is 2.26. The monoisotopic (exact) mass is 338 g/mol. The van der Waals surface area contributed by atoms with E-state index in [-0.39, 0.29) is 0 Å². The number of nitrogens with one attached hydrogen (secondary N) is 2. The number of aryl methyl sites for hydroxylation is 3. The molecule has 0 unspecified atom stereocenters. The number of hydrogen-bond acceptors (Lipinski definition) is 1. The lowest BCUT2D eigenvalue weighted by Crippen LogP contribution is -2.20. The van der Waals surface area contributed by atoms with Gasteiger partial charge in [-0.05, 0) is 62.3 Å². The fraction of sp³-hybridized carbons (Fsp3) is 0.188. The Morgan fingerprint density at radius 2 is 1.57 bits per heavy atom. The second-order valence-electron chi connectivity index (χ2n) is 4.98. The highest BCUT2D eigenvalue weighted by atomic mass is 35.5. The third-order valence-electron chi connectivity index (χ3n) is 3.09. The van der Waals surface area contributed by atoms with Crippen LogP contribution in [0.1, 0.15) is 16.7 Å². The number of rotatable bonds is 2. The molecule has 0 saturated heterocycles. The molecule has 0 saturated carbocycles. The van der Waals surface area contributed by atoms with Crippen LogP contribution in [-0.4, -0.2) is 5.11 Å². The van der Waals surface area contributed by atoms with Crippen molar-refractivity contribution in [2.24, 2.45) is 0 Å². The first-order valence-electron chi connectivity index (χ1n) is 6.47. The van der Waals surface area contributed by atoms with Crippen molar-refractivity contribution in [2.45, 2.75) is 20.8 Å². The maximum absolute atomic E-state index is 6.12. The molecule has 0 radical (unpaired) electrons. The van der Waals surface area contributed by atoms with Crippen LogP contribution in [0, 0.1) is 20.8 Å². The van der Waals surface area contributed by atoms with E-state index >= 15 is 0 Å². The second-order valence-corrected chi connectivity index (χ2v) is 6.23. The number of hydrogen-bond donors (Lipinski definition) is 2. The smallest absolute Gasteiger partial charge is 0.175 e. The summed E-state index contributed by atoms with van der Waals surface area (Å²) in [5.41, 5.74) is 5.22. The summed E-state index contributed by atoms with van der Waals surface area (Å²) in [4.78, 5) is 0. The molecule has 0 spiro atoms. The molecule has 2 aromatic carbocycles. The summed E-state index contributed by atoms with van der Waals surface area (Å²) in [6.45, 7) is 6.18. The molecular formula is C16H16Cl2N2S. The minimum absolute atomic E-state index is 0.481.